The van der Waals surface area contributed by atoms with Crippen molar-refractivity contribution in [2.75, 3.05) is 13.7 Å². The summed E-state index contributed by atoms with van der Waals surface area (Å²) in [6.45, 7) is 0.674. The van der Waals surface area contributed by atoms with Crippen molar-refractivity contribution in [3.63, 3.8) is 0 Å². The molecule has 0 atom stereocenters. The van der Waals surface area contributed by atoms with Gasteiger partial charge in [0.25, 0.3) is 0 Å². The Labute approximate surface area is 97.5 Å². The monoisotopic (exact) mass is 277 g/mol. The van der Waals surface area contributed by atoms with E-state index in [9.17, 15) is 0 Å². The molecule has 14 heavy (non-hydrogen) atoms. The first kappa shape index (κ1) is 11.8. The van der Waals surface area contributed by atoms with E-state index in [0.717, 1.165) is 28.6 Å². The third-order valence-corrected chi connectivity index (χ3v) is 2.75. The lowest BCUT2D eigenvalue weighted by atomic mass is 10.1. The van der Waals surface area contributed by atoms with E-state index in [1.54, 1.807) is 7.11 Å². The fourth-order valence-corrected chi connectivity index (χ4v) is 2.36. The number of aryl methyl sites for hydroxylation is 1. The van der Waals surface area contributed by atoms with Crippen LogP contribution in [0.2, 0.25) is 5.02 Å². The normalized spacial score (nSPS) is 10.3. The third-order valence-electron chi connectivity index (χ3n) is 1.94. The lowest BCUT2D eigenvalue weighted by molar-refractivity contribution is 0.406. The minimum Gasteiger partial charge on any atom is -0.495 e. The van der Waals surface area contributed by atoms with Gasteiger partial charge in [0.05, 0.1) is 11.6 Å². The molecule has 0 unspecified atom stereocenters. The zero-order valence-electron chi connectivity index (χ0n) is 8.02. The van der Waals surface area contributed by atoms with Gasteiger partial charge in [0.2, 0.25) is 0 Å². The van der Waals surface area contributed by atoms with Crippen LogP contribution in [0.4, 0.5) is 0 Å². The van der Waals surface area contributed by atoms with Crippen LogP contribution in [-0.4, -0.2) is 13.7 Å². The third kappa shape index (κ3) is 2.87. The maximum atomic E-state index is 5.94. The molecule has 4 heteroatoms. The Balaban J connectivity index is 2.99. The van der Waals surface area contributed by atoms with Crippen molar-refractivity contribution in [2.45, 2.75) is 12.8 Å². The fraction of sp³-hybridized carbons (Fsp3) is 0.400. The van der Waals surface area contributed by atoms with Crippen LogP contribution in [-0.2, 0) is 6.42 Å². The fourth-order valence-electron chi connectivity index (χ4n) is 1.32. The first-order chi connectivity index (χ1) is 6.69. The van der Waals surface area contributed by atoms with Crippen LogP contribution in [0.25, 0.3) is 0 Å². The highest BCUT2D eigenvalue weighted by Gasteiger charge is 2.08. The predicted octanol–water partition coefficient (Wildman–Crippen LogP) is 3.00. The molecule has 1 aromatic carbocycles. The molecular formula is C10H13BrClNO. The van der Waals surface area contributed by atoms with Gasteiger partial charge < -0.3 is 10.5 Å². The molecule has 0 aromatic heterocycles. The predicted molar refractivity (Wildman–Crippen MR) is 63.1 cm³/mol. The molecule has 1 aromatic rings. The van der Waals surface area contributed by atoms with Crippen LogP contribution in [0.1, 0.15) is 12.0 Å². The van der Waals surface area contributed by atoms with E-state index >= 15 is 0 Å². The second-order valence-corrected chi connectivity index (χ2v) is 4.26. The Morgan fingerprint density at radius 2 is 2.21 bits per heavy atom. The molecule has 2 N–H and O–H groups in total. The van der Waals surface area contributed by atoms with Gasteiger partial charge in [0, 0.05) is 5.02 Å². The molecule has 0 fully saturated rings. The van der Waals surface area contributed by atoms with E-state index in [1.807, 2.05) is 12.1 Å². The maximum Gasteiger partial charge on any atom is 0.136 e. The summed E-state index contributed by atoms with van der Waals surface area (Å²) in [7, 11) is 1.65. The summed E-state index contributed by atoms with van der Waals surface area (Å²) in [5.74, 6) is 0.850. The number of methoxy groups -OCH3 is 1. The van der Waals surface area contributed by atoms with Crippen molar-refractivity contribution in [3.8, 4) is 5.75 Å². The van der Waals surface area contributed by atoms with E-state index < -0.39 is 0 Å². The Kier molecular flexibility index (Phi) is 4.72. The number of rotatable bonds is 4. The molecule has 2 nitrogen and oxygen atoms in total. The minimum atomic E-state index is 0.674. The number of ether oxygens (including phenoxy) is 1. The topological polar surface area (TPSA) is 35.2 Å². The summed E-state index contributed by atoms with van der Waals surface area (Å²) in [5, 5.41) is 0.713. The lowest BCUT2D eigenvalue weighted by Gasteiger charge is -2.10. The highest BCUT2D eigenvalue weighted by molar-refractivity contribution is 9.10. The maximum absolute atomic E-state index is 5.94. The number of hydrogen-bond donors (Lipinski definition) is 1. The summed E-state index contributed by atoms with van der Waals surface area (Å²) in [4.78, 5) is 0. The number of nitrogens with two attached hydrogens (primary N) is 1. The van der Waals surface area contributed by atoms with Crippen molar-refractivity contribution in [2.24, 2.45) is 5.73 Å². The first-order valence-corrected chi connectivity index (χ1v) is 5.58. The van der Waals surface area contributed by atoms with Crippen molar-refractivity contribution in [1.29, 1.82) is 0 Å². The molecule has 0 saturated heterocycles. The van der Waals surface area contributed by atoms with Gasteiger partial charge >= 0.3 is 0 Å². The van der Waals surface area contributed by atoms with Crippen LogP contribution < -0.4 is 10.5 Å². The average Bonchev–Trinajstić information content (AvgIpc) is 2.14. The summed E-state index contributed by atoms with van der Waals surface area (Å²) in [5.41, 5.74) is 6.55. The Bertz CT molecular complexity index is 317. The summed E-state index contributed by atoms with van der Waals surface area (Å²) in [6.07, 6.45) is 1.82. The number of hydrogen-bond acceptors (Lipinski definition) is 2. The molecule has 78 valence electrons. The molecule has 0 heterocycles. The standard InChI is InChI=1S/C10H13BrClNO/c1-14-10-7(3-2-4-13)5-8(12)6-9(10)11/h5-6H,2-4,13H2,1H3. The van der Waals surface area contributed by atoms with Crippen LogP contribution in [0.3, 0.4) is 0 Å². The molecule has 0 aliphatic rings. The van der Waals surface area contributed by atoms with Gasteiger partial charge in [-0.15, -0.1) is 0 Å². The van der Waals surface area contributed by atoms with E-state index in [4.69, 9.17) is 22.1 Å². The SMILES string of the molecule is COc1c(Br)cc(Cl)cc1CCCN. The molecular weight excluding hydrogens is 265 g/mol. The van der Waals surface area contributed by atoms with Crippen LogP contribution in [0.15, 0.2) is 16.6 Å². The molecule has 0 aliphatic carbocycles. The van der Waals surface area contributed by atoms with Crippen molar-refractivity contribution in [3.05, 3.63) is 27.2 Å². The van der Waals surface area contributed by atoms with Crippen LogP contribution >= 0.6 is 27.5 Å². The Morgan fingerprint density at radius 3 is 2.79 bits per heavy atom. The minimum absolute atomic E-state index is 0.674. The highest BCUT2D eigenvalue weighted by atomic mass is 79.9. The largest absolute Gasteiger partial charge is 0.495 e. The van der Waals surface area contributed by atoms with Crippen LogP contribution in [0.5, 0.6) is 5.75 Å². The van der Waals surface area contributed by atoms with Gasteiger partial charge in [-0.3, -0.25) is 0 Å². The van der Waals surface area contributed by atoms with Gasteiger partial charge in [-0.05, 0) is 53.0 Å². The molecule has 0 radical (unpaired) electrons. The van der Waals surface area contributed by atoms with Gasteiger partial charge in [-0.2, -0.15) is 0 Å². The number of halogens is 2. The van der Waals surface area contributed by atoms with Crippen molar-refractivity contribution in [1.82, 2.24) is 0 Å². The van der Waals surface area contributed by atoms with Gasteiger partial charge in [0.1, 0.15) is 5.75 Å². The molecule has 0 spiro atoms. The molecule has 0 bridgehead atoms. The first-order valence-electron chi connectivity index (χ1n) is 4.41. The molecule has 1 rings (SSSR count). The Morgan fingerprint density at radius 1 is 1.50 bits per heavy atom. The summed E-state index contributed by atoms with van der Waals surface area (Å²) < 4.78 is 6.17. The lowest BCUT2D eigenvalue weighted by Crippen LogP contribution is -2.02. The molecule has 0 amide bonds. The summed E-state index contributed by atoms with van der Waals surface area (Å²) in [6, 6.07) is 3.74. The van der Waals surface area contributed by atoms with E-state index in [2.05, 4.69) is 15.9 Å². The zero-order valence-corrected chi connectivity index (χ0v) is 10.4. The van der Waals surface area contributed by atoms with E-state index in [-0.39, 0.29) is 0 Å². The van der Waals surface area contributed by atoms with Crippen molar-refractivity contribution >= 4 is 27.5 Å². The van der Waals surface area contributed by atoms with E-state index in [1.165, 1.54) is 0 Å². The Hall–Kier alpha value is -0.250. The average molecular weight is 279 g/mol. The zero-order chi connectivity index (χ0) is 10.6. The van der Waals surface area contributed by atoms with Gasteiger partial charge in [-0.1, -0.05) is 11.6 Å². The number of benzene rings is 1. The molecule has 0 saturated carbocycles. The summed E-state index contributed by atoms with van der Waals surface area (Å²) >= 11 is 9.35. The smallest absolute Gasteiger partial charge is 0.136 e. The van der Waals surface area contributed by atoms with Crippen LogP contribution in [0, 0.1) is 0 Å². The quantitative estimate of drug-likeness (QED) is 0.919. The highest BCUT2D eigenvalue weighted by Crippen LogP contribution is 2.33. The van der Waals surface area contributed by atoms with Gasteiger partial charge in [-0.25, -0.2) is 0 Å². The van der Waals surface area contributed by atoms with E-state index in [0.29, 0.717) is 11.6 Å². The second kappa shape index (κ2) is 5.59. The molecule has 0 aliphatic heterocycles. The van der Waals surface area contributed by atoms with Crippen molar-refractivity contribution < 1.29 is 4.74 Å². The van der Waals surface area contributed by atoms with Gasteiger partial charge in [0.15, 0.2) is 0 Å². The second-order valence-electron chi connectivity index (χ2n) is 2.97.